The van der Waals surface area contributed by atoms with Crippen molar-refractivity contribution < 1.29 is 4.74 Å². The van der Waals surface area contributed by atoms with Gasteiger partial charge in [0.15, 0.2) is 7.38 Å². The highest BCUT2D eigenvalue weighted by atomic mass is 35.6. The maximum atomic E-state index is 8.00. The molecular weight excluding hydrogens is 166 g/mol. The van der Waals surface area contributed by atoms with Crippen molar-refractivity contribution >= 4 is 18.5 Å². The molecule has 2 nitrogen and oxygen atoms in total. The van der Waals surface area contributed by atoms with Crippen molar-refractivity contribution in [1.29, 1.82) is 5.26 Å². The number of hydrogen-bond acceptors (Lipinski definition) is 2. The van der Waals surface area contributed by atoms with E-state index in [1.165, 1.54) is 0 Å². The van der Waals surface area contributed by atoms with Gasteiger partial charge in [-0.1, -0.05) is 13.1 Å². The van der Waals surface area contributed by atoms with Gasteiger partial charge in [0, 0.05) is 0 Å². The highest BCUT2D eigenvalue weighted by Crippen LogP contribution is 2.15. The van der Waals surface area contributed by atoms with Crippen LogP contribution in [0.3, 0.4) is 0 Å². The van der Waals surface area contributed by atoms with Gasteiger partial charge >= 0.3 is 0 Å². The summed E-state index contributed by atoms with van der Waals surface area (Å²) in [5, 5.41) is 8.00. The first kappa shape index (κ1) is 9.80. The molecule has 0 saturated heterocycles. The van der Waals surface area contributed by atoms with Crippen molar-refractivity contribution in [2.75, 3.05) is 6.61 Å². The van der Waals surface area contributed by atoms with Crippen molar-refractivity contribution in [2.45, 2.75) is 25.6 Å². The van der Waals surface area contributed by atoms with Gasteiger partial charge in [0.05, 0.1) is 0 Å². The molecule has 0 radical (unpaired) electrons. The fraction of sp³-hybridized carbons (Fsp3) is 0.833. The largest absolute Gasteiger partial charge is 0.428 e. The predicted molar refractivity (Wildman–Crippen MR) is 44.3 cm³/mol. The molecule has 0 fully saturated rings. The lowest BCUT2D eigenvalue weighted by molar-refractivity contribution is 0.270. The lowest BCUT2D eigenvalue weighted by Gasteiger charge is -2.10. The van der Waals surface area contributed by atoms with Gasteiger partial charge in [-0.2, -0.15) is 16.3 Å². The molecule has 0 atom stereocenters. The van der Waals surface area contributed by atoms with Crippen LogP contribution in [0.25, 0.3) is 0 Å². The van der Waals surface area contributed by atoms with Gasteiger partial charge in [0.1, 0.15) is 6.61 Å². The highest BCUT2D eigenvalue weighted by molar-refractivity contribution is 7.19. The van der Waals surface area contributed by atoms with Gasteiger partial charge in [-0.05, 0) is 12.5 Å². The number of nitrogens with zero attached hydrogens (tertiary/aromatic N) is 1. The average molecular weight is 178 g/mol. The van der Waals surface area contributed by atoms with Gasteiger partial charge < -0.3 is 4.74 Å². The third kappa shape index (κ3) is 7.80. The topological polar surface area (TPSA) is 33.0 Å². The molecule has 0 saturated carbocycles. The summed E-state index contributed by atoms with van der Waals surface area (Å²) >= 11 is 6.01. The van der Waals surface area contributed by atoms with E-state index in [0.29, 0.717) is 6.61 Å². The average Bonchev–Trinajstić information content (AvgIpc) is 1.78. The molecule has 0 aliphatic rings. The van der Waals surface area contributed by atoms with E-state index in [1.54, 1.807) is 6.26 Å². The Morgan fingerprint density at radius 2 is 2.20 bits per heavy atom. The van der Waals surface area contributed by atoms with E-state index >= 15 is 0 Å². The van der Waals surface area contributed by atoms with E-state index in [9.17, 15) is 0 Å². The molecule has 0 aliphatic heterocycles. The Labute approximate surface area is 67.5 Å². The summed E-state index contributed by atoms with van der Waals surface area (Å²) in [5.74, 6) is 0. The first-order valence-corrected chi connectivity index (χ1v) is 7.48. The maximum Gasteiger partial charge on any atom is 0.286 e. The molecule has 0 unspecified atom stereocenters. The van der Waals surface area contributed by atoms with E-state index in [2.05, 4.69) is 17.8 Å². The molecule has 0 aromatic carbocycles. The summed E-state index contributed by atoms with van der Waals surface area (Å²) in [7, 11) is -1.42. The number of ether oxygens (including phenoxy) is 1. The van der Waals surface area contributed by atoms with Crippen LogP contribution < -0.4 is 0 Å². The Kier molecular flexibility index (Phi) is 4.49. The summed E-state index contributed by atoms with van der Waals surface area (Å²) in [6.45, 7) is 4.68. The third-order valence-electron chi connectivity index (χ3n) is 1.08. The second-order valence-corrected chi connectivity index (χ2v) is 9.77. The molecule has 58 valence electrons. The minimum atomic E-state index is -1.42. The summed E-state index contributed by atoms with van der Waals surface area (Å²) < 4.78 is 4.50. The van der Waals surface area contributed by atoms with Crippen molar-refractivity contribution in [3.05, 3.63) is 0 Å². The van der Waals surface area contributed by atoms with Crippen LogP contribution in [0, 0.1) is 11.5 Å². The smallest absolute Gasteiger partial charge is 0.286 e. The third-order valence-corrected chi connectivity index (χ3v) is 3.19. The summed E-state index contributed by atoms with van der Waals surface area (Å²) in [6, 6.07) is 1.01. The van der Waals surface area contributed by atoms with Crippen LogP contribution in [-0.2, 0) is 4.74 Å². The van der Waals surface area contributed by atoms with Crippen molar-refractivity contribution in [2.24, 2.45) is 0 Å². The molecule has 0 N–H and O–H groups in total. The molecule has 0 heterocycles. The number of halogens is 1. The molecule has 0 bridgehead atoms. The first-order valence-electron chi connectivity index (χ1n) is 3.26. The minimum absolute atomic E-state index is 0.514. The Bertz CT molecular complexity index is 127. The lowest BCUT2D eigenvalue weighted by Crippen LogP contribution is -2.15. The van der Waals surface area contributed by atoms with E-state index in [4.69, 9.17) is 16.3 Å². The van der Waals surface area contributed by atoms with Crippen molar-refractivity contribution in [3.63, 3.8) is 0 Å². The van der Waals surface area contributed by atoms with Gasteiger partial charge in [-0.3, -0.25) is 0 Å². The normalized spacial score (nSPS) is 10.6. The fourth-order valence-corrected chi connectivity index (χ4v) is 2.00. The molecule has 0 amide bonds. The number of nitriles is 1. The van der Waals surface area contributed by atoms with E-state index in [1.807, 2.05) is 0 Å². The van der Waals surface area contributed by atoms with Crippen LogP contribution in [0.4, 0.5) is 0 Å². The molecule has 0 spiro atoms. The lowest BCUT2D eigenvalue weighted by atomic mass is 10.5. The Hall–Kier alpha value is -0.203. The van der Waals surface area contributed by atoms with E-state index in [0.717, 1.165) is 12.5 Å². The van der Waals surface area contributed by atoms with Crippen molar-refractivity contribution in [1.82, 2.24) is 0 Å². The maximum absolute atomic E-state index is 8.00. The first-order chi connectivity index (χ1) is 4.56. The standard InChI is InChI=1S/C6H12ClNOSi/c1-10(2,7)5-3-4-9-6-8/h3-5H2,1-2H3. The van der Waals surface area contributed by atoms with Gasteiger partial charge in [-0.15, -0.1) is 0 Å². The highest BCUT2D eigenvalue weighted by Gasteiger charge is 2.15. The van der Waals surface area contributed by atoms with Crippen LogP contribution >= 0.6 is 11.1 Å². The predicted octanol–water partition coefficient (Wildman–Crippen LogP) is 2.32. The zero-order valence-electron chi connectivity index (χ0n) is 6.35. The van der Waals surface area contributed by atoms with Crippen LogP contribution in [0.15, 0.2) is 0 Å². The quantitative estimate of drug-likeness (QED) is 0.286. The summed E-state index contributed by atoms with van der Waals surface area (Å²) in [6.07, 6.45) is 2.53. The Balaban J connectivity index is 3.14. The second kappa shape index (κ2) is 4.59. The van der Waals surface area contributed by atoms with Gasteiger partial charge in [0.2, 0.25) is 0 Å². The van der Waals surface area contributed by atoms with Crippen LogP contribution in [-0.4, -0.2) is 14.0 Å². The zero-order chi connectivity index (χ0) is 8.04. The van der Waals surface area contributed by atoms with Crippen LogP contribution in [0.5, 0.6) is 0 Å². The van der Waals surface area contributed by atoms with Crippen LogP contribution in [0.2, 0.25) is 19.1 Å². The molecule has 4 heteroatoms. The fourth-order valence-electron chi connectivity index (χ4n) is 0.610. The molecular formula is C6H12ClNOSi. The molecule has 0 aromatic heterocycles. The number of hydrogen-bond donors (Lipinski definition) is 0. The Morgan fingerprint density at radius 3 is 2.60 bits per heavy atom. The van der Waals surface area contributed by atoms with Gasteiger partial charge in [0.25, 0.3) is 6.26 Å². The van der Waals surface area contributed by atoms with Crippen LogP contribution in [0.1, 0.15) is 6.42 Å². The minimum Gasteiger partial charge on any atom is -0.428 e. The summed E-state index contributed by atoms with van der Waals surface area (Å²) in [5.41, 5.74) is 0. The number of rotatable bonds is 4. The van der Waals surface area contributed by atoms with Crippen molar-refractivity contribution in [3.8, 4) is 6.26 Å². The molecule has 0 rings (SSSR count). The molecule has 10 heavy (non-hydrogen) atoms. The van der Waals surface area contributed by atoms with E-state index < -0.39 is 7.38 Å². The molecule has 0 aromatic rings. The second-order valence-electron chi connectivity index (χ2n) is 2.76. The van der Waals surface area contributed by atoms with Gasteiger partial charge in [-0.25, -0.2) is 0 Å². The monoisotopic (exact) mass is 177 g/mol. The SMILES string of the molecule is C[Si](C)(Cl)CCCOC#N. The Morgan fingerprint density at radius 1 is 1.60 bits per heavy atom. The molecule has 0 aliphatic carbocycles. The zero-order valence-corrected chi connectivity index (χ0v) is 8.11. The summed E-state index contributed by atoms with van der Waals surface area (Å²) in [4.78, 5) is 0. The van der Waals surface area contributed by atoms with E-state index in [-0.39, 0.29) is 0 Å².